The van der Waals surface area contributed by atoms with Crippen LogP contribution in [0, 0.1) is 0 Å². The minimum atomic E-state index is -4.55. The molecule has 9 heteroatoms. The highest BCUT2D eigenvalue weighted by Gasteiger charge is 2.35. The molecule has 0 unspecified atom stereocenters. The number of nitrogens with one attached hydrogen (secondary N) is 1. The van der Waals surface area contributed by atoms with Gasteiger partial charge in [0.25, 0.3) is 0 Å². The van der Waals surface area contributed by atoms with Gasteiger partial charge in [0.05, 0.1) is 11.3 Å². The highest BCUT2D eigenvalue weighted by molar-refractivity contribution is 7.88. The van der Waals surface area contributed by atoms with E-state index in [2.05, 4.69) is 5.32 Å². The molecule has 0 bridgehead atoms. The van der Waals surface area contributed by atoms with E-state index in [9.17, 15) is 21.6 Å². The van der Waals surface area contributed by atoms with Crippen molar-refractivity contribution in [3.8, 4) is 0 Å². The van der Waals surface area contributed by atoms with Crippen molar-refractivity contribution in [3.05, 3.63) is 35.4 Å². The minimum absolute atomic E-state index is 0. The van der Waals surface area contributed by atoms with E-state index in [-0.39, 0.29) is 24.5 Å². The summed E-state index contributed by atoms with van der Waals surface area (Å²) in [5, 5.41) is 3.06. The predicted molar refractivity (Wildman–Crippen MR) is 80.4 cm³/mol. The predicted octanol–water partition coefficient (Wildman–Crippen LogP) is 2.25. The van der Waals surface area contributed by atoms with E-state index in [0.717, 1.165) is 6.07 Å². The Bertz CT molecular complexity index is 585. The van der Waals surface area contributed by atoms with Crippen molar-refractivity contribution < 1.29 is 21.6 Å². The molecule has 1 fully saturated rings. The summed E-state index contributed by atoms with van der Waals surface area (Å²) in [5.41, 5.74) is -1.09. The summed E-state index contributed by atoms with van der Waals surface area (Å²) < 4.78 is 64.6. The second-order valence-corrected chi connectivity index (χ2v) is 6.88. The highest BCUT2D eigenvalue weighted by Crippen LogP contribution is 2.32. The van der Waals surface area contributed by atoms with Gasteiger partial charge in [0.2, 0.25) is 10.0 Å². The zero-order chi connectivity index (χ0) is 15.5. The fraction of sp³-hybridized carbons (Fsp3) is 0.538. The molecular weight excluding hydrogens is 341 g/mol. The Morgan fingerprint density at radius 1 is 1.14 bits per heavy atom. The van der Waals surface area contributed by atoms with Gasteiger partial charge in [-0.05, 0) is 24.6 Å². The van der Waals surface area contributed by atoms with Crippen molar-refractivity contribution in [3.63, 3.8) is 0 Å². The maximum Gasteiger partial charge on any atom is 0.416 e. The van der Waals surface area contributed by atoms with Crippen LogP contribution in [0.4, 0.5) is 13.2 Å². The molecule has 22 heavy (non-hydrogen) atoms. The molecule has 0 atom stereocenters. The molecule has 0 amide bonds. The molecule has 1 aliphatic rings. The van der Waals surface area contributed by atoms with E-state index in [4.69, 9.17) is 0 Å². The second kappa shape index (κ2) is 7.63. The van der Waals surface area contributed by atoms with E-state index in [1.165, 1.54) is 22.5 Å². The van der Waals surface area contributed by atoms with Crippen molar-refractivity contribution in [1.82, 2.24) is 9.62 Å². The van der Waals surface area contributed by atoms with E-state index in [1.54, 1.807) is 0 Å². The summed E-state index contributed by atoms with van der Waals surface area (Å²) in [6.07, 6.45) is -3.90. The van der Waals surface area contributed by atoms with Gasteiger partial charge in [0, 0.05) is 19.6 Å². The standard InChI is InChI=1S/C13H17F3N2O2S.ClH/c14-13(15,16)12-5-2-1-4-11(12)10-21(19,20)18-8-3-6-17-7-9-18;/h1-2,4-5,17H,3,6-10H2;1H. The van der Waals surface area contributed by atoms with E-state index in [0.29, 0.717) is 26.1 Å². The average molecular weight is 359 g/mol. The molecule has 0 radical (unpaired) electrons. The summed E-state index contributed by atoms with van der Waals surface area (Å²) in [6.45, 7) is 1.85. The van der Waals surface area contributed by atoms with Gasteiger partial charge in [-0.1, -0.05) is 18.2 Å². The Morgan fingerprint density at radius 2 is 1.82 bits per heavy atom. The first-order chi connectivity index (χ1) is 9.81. The molecular formula is C13H18ClF3N2O2S. The van der Waals surface area contributed by atoms with E-state index in [1.807, 2.05) is 0 Å². The van der Waals surface area contributed by atoms with Crippen molar-refractivity contribution in [2.45, 2.75) is 18.3 Å². The molecule has 126 valence electrons. The van der Waals surface area contributed by atoms with Crippen LogP contribution < -0.4 is 5.32 Å². The topological polar surface area (TPSA) is 49.4 Å². The third kappa shape index (κ3) is 4.84. The smallest absolute Gasteiger partial charge is 0.315 e. The van der Waals surface area contributed by atoms with Crippen LogP contribution in [0.25, 0.3) is 0 Å². The largest absolute Gasteiger partial charge is 0.416 e. The number of alkyl halides is 3. The fourth-order valence-electron chi connectivity index (χ4n) is 2.31. The van der Waals surface area contributed by atoms with Crippen LogP contribution in [0.15, 0.2) is 24.3 Å². The molecule has 2 rings (SSSR count). The van der Waals surface area contributed by atoms with Crippen molar-refractivity contribution >= 4 is 22.4 Å². The maximum atomic E-state index is 12.9. The molecule has 1 aromatic rings. The summed E-state index contributed by atoms with van der Waals surface area (Å²) in [7, 11) is -3.75. The van der Waals surface area contributed by atoms with Gasteiger partial charge in [-0.25, -0.2) is 12.7 Å². The zero-order valence-corrected chi connectivity index (χ0v) is 13.4. The monoisotopic (exact) mass is 358 g/mol. The van der Waals surface area contributed by atoms with Gasteiger partial charge in [0.1, 0.15) is 0 Å². The van der Waals surface area contributed by atoms with Crippen LogP contribution in [-0.2, 0) is 22.0 Å². The Labute approximate surface area is 134 Å². The third-order valence-corrected chi connectivity index (χ3v) is 5.18. The Kier molecular flexibility index (Phi) is 6.66. The van der Waals surface area contributed by atoms with Crippen LogP contribution >= 0.6 is 12.4 Å². The van der Waals surface area contributed by atoms with Crippen LogP contribution in [0.5, 0.6) is 0 Å². The Hall–Kier alpha value is -0.830. The lowest BCUT2D eigenvalue weighted by molar-refractivity contribution is -0.138. The minimum Gasteiger partial charge on any atom is -0.315 e. The normalized spacial score (nSPS) is 17.6. The molecule has 4 nitrogen and oxygen atoms in total. The highest BCUT2D eigenvalue weighted by atomic mass is 35.5. The molecule has 1 aromatic carbocycles. The average Bonchev–Trinajstić information content (AvgIpc) is 2.67. The van der Waals surface area contributed by atoms with E-state index < -0.39 is 27.5 Å². The van der Waals surface area contributed by atoms with Gasteiger partial charge in [-0.15, -0.1) is 12.4 Å². The molecule has 0 spiro atoms. The first-order valence-electron chi connectivity index (χ1n) is 6.64. The molecule has 1 aliphatic heterocycles. The number of rotatable bonds is 3. The van der Waals surface area contributed by atoms with Crippen molar-refractivity contribution in [1.29, 1.82) is 0 Å². The molecule has 1 saturated heterocycles. The van der Waals surface area contributed by atoms with Gasteiger partial charge < -0.3 is 5.32 Å². The summed E-state index contributed by atoms with van der Waals surface area (Å²) in [5.74, 6) is -0.622. The quantitative estimate of drug-likeness (QED) is 0.901. The molecule has 0 aliphatic carbocycles. The van der Waals surface area contributed by atoms with Gasteiger partial charge in [-0.3, -0.25) is 0 Å². The van der Waals surface area contributed by atoms with Gasteiger partial charge in [0.15, 0.2) is 0 Å². The van der Waals surface area contributed by atoms with Crippen LogP contribution in [0.2, 0.25) is 0 Å². The maximum absolute atomic E-state index is 12.9. The fourth-order valence-corrected chi connectivity index (χ4v) is 3.91. The Morgan fingerprint density at radius 3 is 2.50 bits per heavy atom. The number of nitrogens with zero attached hydrogens (tertiary/aromatic N) is 1. The third-order valence-electron chi connectivity index (χ3n) is 3.35. The van der Waals surface area contributed by atoms with Crippen molar-refractivity contribution in [2.24, 2.45) is 0 Å². The summed E-state index contributed by atoms with van der Waals surface area (Å²) in [6, 6.07) is 4.81. The zero-order valence-electron chi connectivity index (χ0n) is 11.8. The lowest BCUT2D eigenvalue weighted by Gasteiger charge is -2.21. The summed E-state index contributed by atoms with van der Waals surface area (Å²) >= 11 is 0. The molecule has 0 saturated carbocycles. The number of hydrogen-bond donors (Lipinski definition) is 1. The summed E-state index contributed by atoms with van der Waals surface area (Å²) in [4.78, 5) is 0. The lowest BCUT2D eigenvalue weighted by Crippen LogP contribution is -2.35. The van der Waals surface area contributed by atoms with Gasteiger partial charge >= 0.3 is 6.18 Å². The SMILES string of the molecule is Cl.O=S(=O)(Cc1ccccc1C(F)(F)F)N1CCCNCC1. The first kappa shape index (κ1) is 19.2. The number of hydrogen-bond acceptors (Lipinski definition) is 3. The molecule has 1 heterocycles. The molecule has 0 aromatic heterocycles. The second-order valence-electron chi connectivity index (χ2n) is 4.91. The van der Waals surface area contributed by atoms with E-state index >= 15 is 0 Å². The van der Waals surface area contributed by atoms with Crippen LogP contribution in [0.1, 0.15) is 17.5 Å². The number of sulfonamides is 1. The van der Waals surface area contributed by atoms with Gasteiger partial charge in [-0.2, -0.15) is 13.2 Å². The van der Waals surface area contributed by atoms with Crippen LogP contribution in [0.3, 0.4) is 0 Å². The lowest BCUT2D eigenvalue weighted by atomic mass is 10.1. The number of halogens is 4. The Balaban J connectivity index is 0.00000242. The first-order valence-corrected chi connectivity index (χ1v) is 8.25. The van der Waals surface area contributed by atoms with Crippen molar-refractivity contribution in [2.75, 3.05) is 26.2 Å². The molecule has 1 N–H and O–H groups in total. The number of benzene rings is 1. The van der Waals surface area contributed by atoms with Crippen LogP contribution in [-0.4, -0.2) is 38.9 Å².